The van der Waals surface area contributed by atoms with E-state index in [-0.39, 0.29) is 23.8 Å². The predicted octanol–water partition coefficient (Wildman–Crippen LogP) is 3.10. The molecule has 26 heavy (non-hydrogen) atoms. The third kappa shape index (κ3) is 3.65. The van der Waals surface area contributed by atoms with Crippen molar-refractivity contribution in [2.75, 3.05) is 12.0 Å². The fraction of sp³-hybridized carbons (Fsp3) is 0.550. The first-order valence-electron chi connectivity index (χ1n) is 9.30. The van der Waals surface area contributed by atoms with Crippen LogP contribution in [0.5, 0.6) is 0 Å². The molecule has 5 nitrogen and oxygen atoms in total. The van der Waals surface area contributed by atoms with Gasteiger partial charge in [0.2, 0.25) is 5.91 Å². The summed E-state index contributed by atoms with van der Waals surface area (Å²) in [5, 5.41) is 3.13. The highest BCUT2D eigenvalue weighted by atomic mass is 32.2. The monoisotopic (exact) mass is 374 g/mol. The van der Waals surface area contributed by atoms with Gasteiger partial charge in [-0.15, -0.1) is 0 Å². The lowest BCUT2D eigenvalue weighted by molar-refractivity contribution is -0.126. The van der Waals surface area contributed by atoms with Gasteiger partial charge in [-0.25, -0.2) is 0 Å². The zero-order chi connectivity index (χ0) is 18.7. The zero-order valence-corrected chi connectivity index (χ0v) is 16.2. The standard InChI is InChI=1S/C20H26N2O3S/c1-13-7-3-6-10-16(13)21-18(23)17(11-12-26-2)22-19(24)14-8-4-5-9-15(14)20(22)25/h4-5,8-9,13,16-17H,3,6-7,10-12H2,1-2H3,(H,21,23)/t13-,16-,17+/m0/s1. The third-order valence-corrected chi connectivity index (χ3v) is 6.12. The van der Waals surface area contributed by atoms with Crippen LogP contribution in [0.2, 0.25) is 0 Å². The zero-order valence-electron chi connectivity index (χ0n) is 15.4. The van der Waals surface area contributed by atoms with Crippen LogP contribution in [-0.2, 0) is 4.79 Å². The largest absolute Gasteiger partial charge is 0.351 e. The van der Waals surface area contributed by atoms with Gasteiger partial charge in [0, 0.05) is 6.04 Å². The highest BCUT2D eigenvalue weighted by molar-refractivity contribution is 7.98. The van der Waals surface area contributed by atoms with E-state index in [1.54, 1.807) is 36.0 Å². The molecule has 0 spiro atoms. The summed E-state index contributed by atoms with van der Waals surface area (Å²) in [5.74, 6) is 0.224. The van der Waals surface area contributed by atoms with E-state index >= 15 is 0 Å². The second-order valence-electron chi connectivity index (χ2n) is 7.20. The summed E-state index contributed by atoms with van der Waals surface area (Å²) in [6.07, 6.45) is 6.80. The number of rotatable bonds is 6. The first kappa shape index (κ1) is 19.0. The number of carbonyl (C=O) groups excluding carboxylic acids is 3. The molecule has 1 aliphatic heterocycles. The van der Waals surface area contributed by atoms with Crippen molar-refractivity contribution in [1.29, 1.82) is 0 Å². The van der Waals surface area contributed by atoms with E-state index < -0.39 is 6.04 Å². The van der Waals surface area contributed by atoms with Gasteiger partial charge >= 0.3 is 0 Å². The fourth-order valence-electron chi connectivity index (χ4n) is 3.91. The molecule has 6 heteroatoms. The number of benzene rings is 1. The van der Waals surface area contributed by atoms with Crippen LogP contribution in [0.4, 0.5) is 0 Å². The van der Waals surface area contributed by atoms with Crippen LogP contribution in [0.1, 0.15) is 59.7 Å². The normalized spacial score (nSPS) is 23.7. The quantitative estimate of drug-likeness (QED) is 0.777. The molecule has 1 aromatic rings. The van der Waals surface area contributed by atoms with Crippen LogP contribution in [0, 0.1) is 5.92 Å². The summed E-state index contributed by atoms with van der Waals surface area (Å²) < 4.78 is 0. The molecule has 0 bridgehead atoms. The first-order valence-corrected chi connectivity index (χ1v) is 10.7. The Balaban J connectivity index is 1.81. The van der Waals surface area contributed by atoms with Crippen molar-refractivity contribution in [2.24, 2.45) is 5.92 Å². The number of nitrogens with one attached hydrogen (secondary N) is 1. The molecule has 1 aliphatic carbocycles. The summed E-state index contributed by atoms with van der Waals surface area (Å²) in [5.41, 5.74) is 0.788. The Morgan fingerprint density at radius 3 is 2.38 bits per heavy atom. The van der Waals surface area contributed by atoms with Crippen LogP contribution >= 0.6 is 11.8 Å². The van der Waals surface area contributed by atoms with Gasteiger partial charge in [-0.05, 0) is 49.3 Å². The van der Waals surface area contributed by atoms with Crippen molar-refractivity contribution in [3.05, 3.63) is 35.4 Å². The van der Waals surface area contributed by atoms with Gasteiger partial charge in [0.25, 0.3) is 11.8 Å². The van der Waals surface area contributed by atoms with Crippen LogP contribution in [0.15, 0.2) is 24.3 Å². The SMILES string of the molecule is CSCC[C@H](C(=O)N[C@H]1CCCC[C@@H]1C)N1C(=O)c2ccccc2C1=O. The Morgan fingerprint density at radius 1 is 1.19 bits per heavy atom. The summed E-state index contributed by atoms with van der Waals surface area (Å²) in [4.78, 5) is 39.8. The highest BCUT2D eigenvalue weighted by Gasteiger charge is 2.42. The van der Waals surface area contributed by atoms with Crippen molar-refractivity contribution in [3.8, 4) is 0 Å². The number of imide groups is 1. The minimum absolute atomic E-state index is 0.128. The summed E-state index contributed by atoms with van der Waals surface area (Å²) in [6.45, 7) is 2.16. The maximum Gasteiger partial charge on any atom is 0.262 e. The lowest BCUT2D eigenvalue weighted by Crippen LogP contribution is -2.53. The Bertz CT molecular complexity index is 671. The Labute approximate surface area is 158 Å². The van der Waals surface area contributed by atoms with Crippen molar-refractivity contribution >= 4 is 29.5 Å². The van der Waals surface area contributed by atoms with E-state index in [4.69, 9.17) is 0 Å². The van der Waals surface area contributed by atoms with Gasteiger partial charge in [-0.2, -0.15) is 11.8 Å². The molecule has 1 heterocycles. The second kappa shape index (κ2) is 8.25. The molecule has 3 amide bonds. The Kier molecular flexibility index (Phi) is 6.01. The number of hydrogen-bond donors (Lipinski definition) is 1. The van der Waals surface area contributed by atoms with Crippen LogP contribution in [-0.4, -0.2) is 46.7 Å². The number of hydrogen-bond acceptors (Lipinski definition) is 4. The van der Waals surface area contributed by atoms with Crippen LogP contribution < -0.4 is 5.32 Å². The average molecular weight is 375 g/mol. The topological polar surface area (TPSA) is 66.5 Å². The molecule has 0 unspecified atom stereocenters. The van der Waals surface area contributed by atoms with Gasteiger partial charge in [0.15, 0.2) is 0 Å². The molecule has 0 saturated heterocycles. The number of amides is 3. The van der Waals surface area contributed by atoms with Crippen LogP contribution in [0.3, 0.4) is 0 Å². The van der Waals surface area contributed by atoms with E-state index in [2.05, 4.69) is 12.2 Å². The van der Waals surface area contributed by atoms with E-state index in [9.17, 15) is 14.4 Å². The molecule has 3 atom stereocenters. The molecule has 2 aliphatic rings. The van der Waals surface area contributed by atoms with E-state index in [1.807, 2.05) is 6.26 Å². The molecule has 0 aromatic heterocycles. The summed E-state index contributed by atoms with van der Waals surface area (Å²) in [6, 6.07) is 6.18. The predicted molar refractivity (Wildman–Crippen MR) is 103 cm³/mol. The number of carbonyl (C=O) groups is 3. The van der Waals surface area contributed by atoms with Crippen molar-refractivity contribution < 1.29 is 14.4 Å². The molecule has 0 radical (unpaired) electrons. The van der Waals surface area contributed by atoms with Gasteiger partial charge in [0.1, 0.15) is 6.04 Å². The van der Waals surface area contributed by atoms with E-state index in [0.717, 1.165) is 19.3 Å². The third-order valence-electron chi connectivity index (χ3n) is 5.47. The average Bonchev–Trinajstić information content (AvgIpc) is 2.89. The van der Waals surface area contributed by atoms with Gasteiger partial charge in [-0.1, -0.05) is 31.9 Å². The maximum absolute atomic E-state index is 13.0. The van der Waals surface area contributed by atoms with E-state index in [0.29, 0.717) is 29.2 Å². The number of fused-ring (bicyclic) bond motifs is 1. The molecule has 140 valence electrons. The molecular formula is C20H26N2O3S. The molecule has 1 N–H and O–H groups in total. The first-order chi connectivity index (χ1) is 12.5. The molecular weight excluding hydrogens is 348 g/mol. The van der Waals surface area contributed by atoms with E-state index in [1.165, 1.54) is 11.3 Å². The van der Waals surface area contributed by atoms with Crippen molar-refractivity contribution in [2.45, 2.75) is 51.1 Å². The fourth-order valence-corrected chi connectivity index (χ4v) is 4.37. The molecule has 1 saturated carbocycles. The smallest absolute Gasteiger partial charge is 0.262 e. The number of thioether (sulfide) groups is 1. The summed E-state index contributed by atoms with van der Waals surface area (Å²) in [7, 11) is 0. The maximum atomic E-state index is 13.0. The molecule has 1 aromatic carbocycles. The van der Waals surface area contributed by atoms with Gasteiger partial charge in [-0.3, -0.25) is 19.3 Å². The lowest BCUT2D eigenvalue weighted by atomic mass is 9.86. The Morgan fingerprint density at radius 2 is 1.81 bits per heavy atom. The van der Waals surface area contributed by atoms with Crippen molar-refractivity contribution in [1.82, 2.24) is 10.2 Å². The second-order valence-corrected chi connectivity index (χ2v) is 8.19. The highest BCUT2D eigenvalue weighted by Crippen LogP contribution is 2.28. The summed E-state index contributed by atoms with van der Waals surface area (Å²) >= 11 is 1.61. The van der Waals surface area contributed by atoms with Crippen molar-refractivity contribution in [3.63, 3.8) is 0 Å². The minimum atomic E-state index is -0.746. The lowest BCUT2D eigenvalue weighted by Gasteiger charge is -2.32. The van der Waals surface area contributed by atoms with Gasteiger partial charge < -0.3 is 5.32 Å². The van der Waals surface area contributed by atoms with Gasteiger partial charge in [0.05, 0.1) is 11.1 Å². The minimum Gasteiger partial charge on any atom is -0.351 e. The molecule has 1 fully saturated rings. The number of nitrogens with zero attached hydrogens (tertiary/aromatic N) is 1. The van der Waals surface area contributed by atoms with Crippen LogP contribution in [0.25, 0.3) is 0 Å². The molecule has 3 rings (SSSR count). The Hall–Kier alpha value is -1.82.